The van der Waals surface area contributed by atoms with Gasteiger partial charge in [-0.3, -0.25) is 9.52 Å². The van der Waals surface area contributed by atoms with E-state index >= 15 is 0 Å². The van der Waals surface area contributed by atoms with Crippen LogP contribution in [-0.4, -0.2) is 36.1 Å². The lowest BCUT2D eigenvalue weighted by atomic mass is 9.83. The minimum absolute atomic E-state index is 0.0461. The maximum atomic E-state index is 13.1. The second kappa shape index (κ2) is 12.4. The van der Waals surface area contributed by atoms with Crippen LogP contribution in [0.5, 0.6) is 5.75 Å². The molecule has 1 aliphatic rings. The summed E-state index contributed by atoms with van der Waals surface area (Å²) in [5, 5.41) is 9.89. The zero-order valence-electron chi connectivity index (χ0n) is 23.0. The van der Waals surface area contributed by atoms with Crippen molar-refractivity contribution in [1.29, 1.82) is 0 Å². The van der Waals surface area contributed by atoms with Crippen LogP contribution in [-0.2, 0) is 16.8 Å². The van der Waals surface area contributed by atoms with E-state index in [1.165, 1.54) is 0 Å². The zero-order chi connectivity index (χ0) is 28.0. The largest absolute Gasteiger partial charge is 0.497 e. The second-order valence-electron chi connectivity index (χ2n) is 10.1. The monoisotopic (exact) mass is 554 g/mol. The molecule has 0 atom stereocenters. The summed E-state index contributed by atoms with van der Waals surface area (Å²) >= 11 is 1.62. The molecule has 0 aliphatic carbocycles. The van der Waals surface area contributed by atoms with Gasteiger partial charge >= 0.3 is 0 Å². The number of methoxy groups -OCH3 is 1. The summed E-state index contributed by atoms with van der Waals surface area (Å²) in [6.07, 6.45) is 2.80. The third kappa shape index (κ3) is 6.55. The lowest BCUT2D eigenvalue weighted by Crippen LogP contribution is -2.39. The van der Waals surface area contributed by atoms with Gasteiger partial charge in [0.2, 0.25) is 11.9 Å². The van der Waals surface area contributed by atoms with E-state index in [-0.39, 0.29) is 5.91 Å². The van der Waals surface area contributed by atoms with Gasteiger partial charge < -0.3 is 20.7 Å². The molecule has 5 rings (SSSR count). The number of benzene rings is 3. The predicted octanol–water partition coefficient (Wildman–Crippen LogP) is 5.90. The molecule has 0 spiro atoms. The van der Waals surface area contributed by atoms with Gasteiger partial charge in [0, 0.05) is 42.0 Å². The smallest absolute Gasteiger partial charge is 0.230 e. The van der Waals surface area contributed by atoms with E-state index < -0.39 is 5.41 Å². The number of nitrogens with one attached hydrogen (secondary N) is 4. The van der Waals surface area contributed by atoms with Crippen LogP contribution in [0.3, 0.4) is 0 Å². The van der Waals surface area contributed by atoms with Crippen LogP contribution < -0.4 is 25.4 Å². The summed E-state index contributed by atoms with van der Waals surface area (Å²) in [7, 11) is 1.63. The molecule has 0 fully saturated rings. The maximum Gasteiger partial charge on any atom is 0.230 e. The number of hydrogen-bond donors (Lipinski definition) is 4. The Morgan fingerprint density at radius 1 is 1.05 bits per heavy atom. The normalized spacial score (nSPS) is 13.5. The molecular weight excluding hydrogens is 520 g/mol. The first-order chi connectivity index (χ1) is 19.4. The van der Waals surface area contributed by atoms with E-state index in [0.717, 1.165) is 63.9 Å². The van der Waals surface area contributed by atoms with Crippen molar-refractivity contribution in [3.05, 3.63) is 90.1 Å². The quantitative estimate of drug-likeness (QED) is 0.219. The number of carbonyl (C=O) groups excluding carboxylic acids is 1. The van der Waals surface area contributed by atoms with Crippen molar-refractivity contribution in [1.82, 2.24) is 20.0 Å². The number of anilines is 3. The summed E-state index contributed by atoms with van der Waals surface area (Å²) < 4.78 is 8.74. The predicted molar refractivity (Wildman–Crippen MR) is 162 cm³/mol. The Kier molecular flexibility index (Phi) is 8.52. The van der Waals surface area contributed by atoms with Crippen LogP contribution in [0.4, 0.5) is 17.5 Å². The molecule has 3 aromatic carbocycles. The minimum Gasteiger partial charge on any atom is -0.497 e. The first-order valence-corrected chi connectivity index (χ1v) is 14.1. The number of rotatable bonds is 6. The fraction of sp³-hybridized carbons (Fsp3) is 0.258. The fourth-order valence-electron chi connectivity index (χ4n) is 4.40. The molecular formula is C31H34N6O2S. The Morgan fingerprint density at radius 2 is 1.88 bits per heavy atom. The Balaban J connectivity index is 1.29. The SMILES string of the molecule is COc1cccc(C(C)(C)C(=O)NCc2ccc(-c3cnc4nc3NCCCNSc3cccc(c3)N4)cc2)c1. The van der Waals surface area contributed by atoms with E-state index in [1.54, 1.807) is 19.1 Å². The van der Waals surface area contributed by atoms with Crippen LogP contribution in [0.25, 0.3) is 11.1 Å². The van der Waals surface area contributed by atoms with Crippen molar-refractivity contribution in [2.75, 3.05) is 30.8 Å². The standard InChI is InChI=1S/C31H34N6O2S/c1-31(2,23-7-4-9-25(17-23)39-3)29(38)33-19-21-11-13-22(14-12-21)27-20-34-30-36-24-8-5-10-26(18-24)40-35-16-6-15-32-28(27)37-30/h4-5,7-14,17-18,20,35H,6,15-16,19H2,1-3H3,(H,33,38)(H2,32,34,36,37). The molecule has 9 heteroatoms. The van der Waals surface area contributed by atoms with Gasteiger partial charge in [-0.05, 0) is 79.2 Å². The maximum absolute atomic E-state index is 13.1. The van der Waals surface area contributed by atoms with Crippen molar-refractivity contribution < 1.29 is 9.53 Å². The highest BCUT2D eigenvalue weighted by Crippen LogP contribution is 2.30. The molecule has 2 heterocycles. The molecule has 1 aliphatic heterocycles. The number of nitrogens with zero attached hydrogens (tertiary/aromatic N) is 2. The highest BCUT2D eigenvalue weighted by Gasteiger charge is 2.29. The third-order valence-electron chi connectivity index (χ3n) is 6.89. The molecule has 0 saturated carbocycles. The Morgan fingerprint density at radius 3 is 2.70 bits per heavy atom. The van der Waals surface area contributed by atoms with Gasteiger partial charge in [0.25, 0.3) is 0 Å². The van der Waals surface area contributed by atoms with Gasteiger partial charge in [-0.25, -0.2) is 4.98 Å². The lowest BCUT2D eigenvalue weighted by molar-refractivity contribution is -0.125. The van der Waals surface area contributed by atoms with Gasteiger partial charge in [-0.1, -0.05) is 42.5 Å². The molecule has 8 nitrogen and oxygen atoms in total. The molecule has 4 aromatic rings. The second-order valence-corrected chi connectivity index (χ2v) is 11.1. The van der Waals surface area contributed by atoms with Crippen LogP contribution in [0.2, 0.25) is 0 Å². The van der Waals surface area contributed by atoms with E-state index in [4.69, 9.17) is 9.72 Å². The Labute approximate surface area is 239 Å². The number of amides is 1. The first kappa shape index (κ1) is 27.5. The number of ether oxygens (including phenoxy) is 1. The van der Waals surface area contributed by atoms with E-state index in [1.807, 2.05) is 80.7 Å². The average molecular weight is 555 g/mol. The molecule has 0 radical (unpaired) electrons. The number of fused-ring (bicyclic) bond motifs is 4. The van der Waals surface area contributed by atoms with E-state index in [9.17, 15) is 4.79 Å². The highest BCUT2D eigenvalue weighted by atomic mass is 32.2. The van der Waals surface area contributed by atoms with Gasteiger partial charge in [-0.15, -0.1) is 0 Å². The summed E-state index contributed by atoms with van der Waals surface area (Å²) in [5.74, 6) is 2.01. The molecule has 4 bridgehead atoms. The summed E-state index contributed by atoms with van der Waals surface area (Å²) in [6, 6.07) is 24.0. The summed E-state index contributed by atoms with van der Waals surface area (Å²) in [5.41, 5.74) is 4.07. The average Bonchev–Trinajstić information content (AvgIpc) is 2.98. The van der Waals surface area contributed by atoms with Crippen LogP contribution >= 0.6 is 11.9 Å². The van der Waals surface area contributed by atoms with Crippen molar-refractivity contribution in [3.8, 4) is 16.9 Å². The zero-order valence-corrected chi connectivity index (χ0v) is 23.8. The minimum atomic E-state index is -0.697. The van der Waals surface area contributed by atoms with Crippen LogP contribution in [0, 0.1) is 0 Å². The van der Waals surface area contributed by atoms with Gasteiger partial charge in [0.1, 0.15) is 11.6 Å². The van der Waals surface area contributed by atoms with E-state index in [0.29, 0.717) is 12.5 Å². The van der Waals surface area contributed by atoms with Crippen molar-refractivity contribution in [2.24, 2.45) is 0 Å². The molecule has 206 valence electrons. The number of aromatic nitrogens is 2. The van der Waals surface area contributed by atoms with Crippen LogP contribution in [0.15, 0.2) is 83.9 Å². The fourth-order valence-corrected chi connectivity index (χ4v) is 5.15. The Bertz CT molecular complexity index is 1480. The first-order valence-electron chi connectivity index (χ1n) is 13.3. The van der Waals surface area contributed by atoms with Gasteiger partial charge in [0.05, 0.1) is 12.5 Å². The van der Waals surface area contributed by atoms with Crippen molar-refractivity contribution in [2.45, 2.75) is 37.1 Å². The van der Waals surface area contributed by atoms with Crippen LogP contribution in [0.1, 0.15) is 31.4 Å². The van der Waals surface area contributed by atoms with Crippen molar-refractivity contribution >= 4 is 35.3 Å². The highest BCUT2D eigenvalue weighted by molar-refractivity contribution is 7.97. The number of hydrogen-bond acceptors (Lipinski definition) is 8. The van der Waals surface area contributed by atoms with Gasteiger partial charge in [-0.2, -0.15) is 4.98 Å². The molecule has 40 heavy (non-hydrogen) atoms. The molecule has 4 N–H and O–H groups in total. The summed E-state index contributed by atoms with van der Waals surface area (Å²) in [6.45, 7) is 5.92. The van der Waals surface area contributed by atoms with Gasteiger partial charge in [0.15, 0.2) is 0 Å². The summed E-state index contributed by atoms with van der Waals surface area (Å²) in [4.78, 5) is 23.6. The van der Waals surface area contributed by atoms with E-state index in [2.05, 4.69) is 37.8 Å². The lowest BCUT2D eigenvalue weighted by Gasteiger charge is -2.24. The van der Waals surface area contributed by atoms with Crippen molar-refractivity contribution in [3.63, 3.8) is 0 Å². The Hall–Kier alpha value is -4.08. The topological polar surface area (TPSA) is 100 Å². The molecule has 0 saturated heterocycles. The molecule has 0 unspecified atom stereocenters. The molecule has 1 aromatic heterocycles. The molecule has 1 amide bonds. The third-order valence-corrected chi connectivity index (χ3v) is 7.73. The number of carbonyl (C=O) groups is 1.